The van der Waals surface area contributed by atoms with Crippen molar-refractivity contribution in [2.24, 2.45) is 0 Å². The molecule has 0 aliphatic heterocycles. The van der Waals surface area contributed by atoms with Crippen molar-refractivity contribution in [2.75, 3.05) is 6.61 Å². The van der Waals surface area contributed by atoms with Crippen molar-refractivity contribution < 1.29 is 13.9 Å². The minimum absolute atomic E-state index is 0.149. The van der Waals surface area contributed by atoms with Gasteiger partial charge in [0.2, 0.25) is 0 Å². The monoisotopic (exact) mass is 335 g/mol. The molecule has 0 atom stereocenters. The van der Waals surface area contributed by atoms with Gasteiger partial charge in [-0.2, -0.15) is 5.26 Å². The van der Waals surface area contributed by atoms with Crippen LogP contribution in [0.2, 0.25) is 0 Å². The highest BCUT2D eigenvalue weighted by Gasteiger charge is 2.16. The molecule has 0 spiro atoms. The number of ether oxygens (including phenoxy) is 1. The van der Waals surface area contributed by atoms with Crippen molar-refractivity contribution in [3.63, 3.8) is 0 Å². The Morgan fingerprint density at radius 3 is 2.76 bits per heavy atom. The molecule has 0 aliphatic carbocycles. The van der Waals surface area contributed by atoms with E-state index in [2.05, 4.69) is 11.1 Å². The molecule has 1 aromatic carbocycles. The number of carbonyl (C=O) groups excluding carboxylic acids is 1. The van der Waals surface area contributed by atoms with Gasteiger partial charge in [-0.3, -0.25) is 0 Å². The van der Waals surface area contributed by atoms with Crippen LogP contribution in [0.4, 0.5) is 4.39 Å². The Labute approximate surface area is 143 Å². The van der Waals surface area contributed by atoms with Crippen LogP contribution in [-0.4, -0.2) is 22.1 Å². The van der Waals surface area contributed by atoms with E-state index in [0.29, 0.717) is 11.4 Å². The number of nitrogens with zero attached hydrogens (tertiary/aromatic N) is 3. The van der Waals surface area contributed by atoms with E-state index in [0.717, 1.165) is 17.3 Å². The molecule has 3 rings (SSSR count). The van der Waals surface area contributed by atoms with E-state index in [-0.39, 0.29) is 12.2 Å². The first-order valence-electron chi connectivity index (χ1n) is 7.64. The summed E-state index contributed by atoms with van der Waals surface area (Å²) in [5.74, 6) is -1.18. The molecule has 0 aliphatic rings. The Hall–Kier alpha value is -3.46. The molecule has 0 unspecified atom stereocenters. The second-order valence-corrected chi connectivity index (χ2v) is 5.21. The number of rotatable bonds is 4. The average Bonchev–Trinajstić information content (AvgIpc) is 3.07. The summed E-state index contributed by atoms with van der Waals surface area (Å²) in [5, 5.41) is 9.38. The fraction of sp³-hybridized carbons (Fsp3) is 0.105. The highest BCUT2D eigenvalue weighted by atomic mass is 19.1. The number of pyridine rings is 1. The second kappa shape index (κ2) is 6.97. The highest BCUT2D eigenvalue weighted by Crippen LogP contribution is 2.26. The van der Waals surface area contributed by atoms with Gasteiger partial charge in [0.1, 0.15) is 17.5 Å². The van der Waals surface area contributed by atoms with E-state index in [1.165, 1.54) is 6.07 Å². The van der Waals surface area contributed by atoms with Gasteiger partial charge >= 0.3 is 5.97 Å². The van der Waals surface area contributed by atoms with Crippen molar-refractivity contribution in [3.05, 3.63) is 71.9 Å². The van der Waals surface area contributed by atoms with Crippen LogP contribution in [0.5, 0.6) is 0 Å². The maximum absolute atomic E-state index is 13.8. The summed E-state index contributed by atoms with van der Waals surface area (Å²) in [7, 11) is 0. The zero-order chi connectivity index (χ0) is 17.8. The van der Waals surface area contributed by atoms with Crippen LogP contribution in [0.15, 0.2) is 55.0 Å². The highest BCUT2D eigenvalue weighted by molar-refractivity contribution is 5.90. The molecule has 3 aromatic rings. The number of carbonyl (C=O) groups is 1. The minimum atomic E-state index is -0.752. The van der Waals surface area contributed by atoms with E-state index in [1.54, 1.807) is 23.9 Å². The Morgan fingerprint density at radius 1 is 1.32 bits per heavy atom. The van der Waals surface area contributed by atoms with Gasteiger partial charge in [-0.1, -0.05) is 30.3 Å². The van der Waals surface area contributed by atoms with Crippen molar-refractivity contribution in [1.29, 1.82) is 5.26 Å². The summed E-state index contributed by atoms with van der Waals surface area (Å²) in [6, 6.07) is 12.9. The minimum Gasteiger partial charge on any atom is -0.462 e. The molecule has 0 radical (unpaired) electrons. The maximum Gasteiger partial charge on any atom is 0.341 e. The number of nitriles is 1. The first kappa shape index (κ1) is 16.4. The fourth-order valence-corrected chi connectivity index (χ4v) is 2.46. The number of hydrogen-bond acceptors (Lipinski definition) is 4. The van der Waals surface area contributed by atoms with Gasteiger partial charge in [0.15, 0.2) is 5.82 Å². The molecule has 124 valence electrons. The van der Waals surface area contributed by atoms with Gasteiger partial charge in [-0.25, -0.2) is 14.2 Å². The Balaban J connectivity index is 2.06. The maximum atomic E-state index is 13.8. The number of esters is 1. The van der Waals surface area contributed by atoms with Crippen LogP contribution in [-0.2, 0) is 4.74 Å². The molecule has 2 heterocycles. The molecule has 0 bridgehead atoms. The molecular formula is C19H14FN3O2. The topological polar surface area (TPSA) is 67.9 Å². The summed E-state index contributed by atoms with van der Waals surface area (Å²) in [4.78, 5) is 15.9. The third-order valence-corrected chi connectivity index (χ3v) is 3.63. The number of halogens is 1. The molecule has 0 saturated heterocycles. The van der Waals surface area contributed by atoms with Crippen LogP contribution in [0.1, 0.15) is 22.8 Å². The molecule has 2 aromatic heterocycles. The third kappa shape index (κ3) is 3.26. The number of hydrogen-bond donors (Lipinski definition) is 0. The first-order chi connectivity index (χ1) is 12.1. The summed E-state index contributed by atoms with van der Waals surface area (Å²) in [6.07, 6.45) is 4.29. The molecule has 5 nitrogen and oxygen atoms in total. The van der Waals surface area contributed by atoms with Gasteiger partial charge in [-0.15, -0.1) is 0 Å². The van der Waals surface area contributed by atoms with Crippen LogP contribution >= 0.6 is 0 Å². The van der Waals surface area contributed by atoms with Gasteiger partial charge in [0.05, 0.1) is 18.4 Å². The van der Waals surface area contributed by atoms with E-state index in [1.807, 2.05) is 30.3 Å². The number of aromatic nitrogens is 2. The van der Waals surface area contributed by atoms with Crippen molar-refractivity contribution >= 4 is 5.97 Å². The number of benzene rings is 1. The van der Waals surface area contributed by atoms with Crippen LogP contribution in [0, 0.1) is 17.1 Å². The van der Waals surface area contributed by atoms with Crippen LogP contribution in [0.3, 0.4) is 0 Å². The lowest BCUT2D eigenvalue weighted by molar-refractivity contribution is 0.0521. The standard InChI is InChI=1S/C19H14FN3O2/c1-2-25-19(24)15-8-18(22-10-17(15)20)23-11-14(9-21)16(12-23)13-6-4-3-5-7-13/h3-8,10-12H,2H2,1H3. The van der Waals surface area contributed by atoms with E-state index >= 15 is 0 Å². The van der Waals surface area contributed by atoms with Crippen molar-refractivity contribution in [3.8, 4) is 23.0 Å². The zero-order valence-corrected chi connectivity index (χ0v) is 13.4. The molecular weight excluding hydrogens is 321 g/mol. The lowest BCUT2D eigenvalue weighted by atomic mass is 10.1. The molecule has 0 fully saturated rings. The predicted octanol–water partition coefficient (Wildman–Crippen LogP) is 3.73. The SMILES string of the molecule is CCOC(=O)c1cc(-n2cc(C#N)c(-c3ccccc3)c2)ncc1F. The van der Waals surface area contributed by atoms with Gasteiger partial charge < -0.3 is 9.30 Å². The Bertz CT molecular complexity index is 959. The Morgan fingerprint density at radius 2 is 2.08 bits per heavy atom. The molecule has 0 N–H and O–H groups in total. The smallest absolute Gasteiger partial charge is 0.341 e. The molecule has 0 saturated carbocycles. The largest absolute Gasteiger partial charge is 0.462 e. The average molecular weight is 335 g/mol. The summed E-state index contributed by atoms with van der Waals surface area (Å²) in [5.41, 5.74) is 1.87. The normalized spacial score (nSPS) is 10.3. The van der Waals surface area contributed by atoms with Gasteiger partial charge in [0, 0.05) is 18.0 Å². The van der Waals surface area contributed by atoms with E-state index in [9.17, 15) is 14.4 Å². The quantitative estimate of drug-likeness (QED) is 0.681. The van der Waals surface area contributed by atoms with Crippen LogP contribution < -0.4 is 0 Å². The molecule has 25 heavy (non-hydrogen) atoms. The summed E-state index contributed by atoms with van der Waals surface area (Å²) < 4.78 is 20.3. The molecule has 6 heteroatoms. The third-order valence-electron chi connectivity index (χ3n) is 3.63. The lowest BCUT2D eigenvalue weighted by Crippen LogP contribution is -2.09. The van der Waals surface area contributed by atoms with E-state index < -0.39 is 11.8 Å². The zero-order valence-electron chi connectivity index (χ0n) is 13.4. The fourth-order valence-electron chi connectivity index (χ4n) is 2.46. The summed E-state index contributed by atoms with van der Waals surface area (Å²) >= 11 is 0. The lowest BCUT2D eigenvalue weighted by Gasteiger charge is -2.06. The van der Waals surface area contributed by atoms with E-state index in [4.69, 9.17) is 4.74 Å². The predicted molar refractivity (Wildman–Crippen MR) is 89.6 cm³/mol. The first-order valence-corrected chi connectivity index (χ1v) is 7.64. The van der Waals surface area contributed by atoms with Gasteiger partial charge in [0.25, 0.3) is 0 Å². The molecule has 0 amide bonds. The van der Waals surface area contributed by atoms with Crippen molar-refractivity contribution in [1.82, 2.24) is 9.55 Å². The second-order valence-electron chi connectivity index (χ2n) is 5.21. The Kier molecular flexibility index (Phi) is 4.57. The van der Waals surface area contributed by atoms with Crippen molar-refractivity contribution in [2.45, 2.75) is 6.92 Å². The van der Waals surface area contributed by atoms with Crippen LogP contribution in [0.25, 0.3) is 16.9 Å². The summed E-state index contributed by atoms with van der Waals surface area (Å²) in [6.45, 7) is 1.80. The van der Waals surface area contributed by atoms with Gasteiger partial charge in [-0.05, 0) is 18.6 Å².